The van der Waals surface area contributed by atoms with Crippen LogP contribution < -0.4 is 11.0 Å². The number of H-pyrrole nitrogens is 2. The lowest BCUT2D eigenvalue weighted by Gasteiger charge is -2.03. The number of fused-ring (bicyclic) bond motifs is 1. The summed E-state index contributed by atoms with van der Waals surface area (Å²) in [6.45, 7) is 1.97. The van der Waals surface area contributed by atoms with E-state index in [1.807, 2.05) is 31.2 Å². The number of nitrogens with one attached hydrogen (secondary N) is 3. The summed E-state index contributed by atoms with van der Waals surface area (Å²) in [5.41, 5.74) is 3.52. The lowest BCUT2D eigenvalue weighted by Crippen LogP contribution is -2.13. The van der Waals surface area contributed by atoms with Crippen LogP contribution in [0.25, 0.3) is 22.5 Å². The maximum absolute atomic E-state index is 12.2. The van der Waals surface area contributed by atoms with E-state index in [0.717, 1.165) is 22.9 Å². The Hall–Kier alpha value is -3.33. The zero-order valence-electron chi connectivity index (χ0n) is 14.3. The Kier molecular flexibility index (Phi) is 4.51. The van der Waals surface area contributed by atoms with Crippen molar-refractivity contribution in [3.05, 3.63) is 58.5 Å². The highest BCUT2D eigenvalue weighted by Gasteiger charge is 2.13. The zero-order chi connectivity index (χ0) is 18.8. The van der Waals surface area contributed by atoms with E-state index in [4.69, 9.17) is 4.42 Å². The van der Waals surface area contributed by atoms with Gasteiger partial charge in [0.1, 0.15) is 0 Å². The molecule has 0 bridgehead atoms. The molecule has 4 aromatic rings. The molecule has 3 N–H and O–H groups in total. The van der Waals surface area contributed by atoms with Crippen molar-refractivity contribution in [2.24, 2.45) is 0 Å². The number of amides is 1. The van der Waals surface area contributed by atoms with Gasteiger partial charge in [0.2, 0.25) is 11.8 Å². The van der Waals surface area contributed by atoms with Crippen LogP contribution in [0.15, 0.2) is 56.9 Å². The number of thioether (sulfide) groups is 1. The van der Waals surface area contributed by atoms with Gasteiger partial charge >= 0.3 is 5.69 Å². The fourth-order valence-electron chi connectivity index (χ4n) is 2.62. The molecule has 0 aliphatic rings. The first-order valence-electron chi connectivity index (χ1n) is 8.13. The van der Waals surface area contributed by atoms with E-state index in [2.05, 4.69) is 25.5 Å². The van der Waals surface area contributed by atoms with Crippen LogP contribution in [0, 0.1) is 6.92 Å². The first kappa shape index (κ1) is 17.1. The van der Waals surface area contributed by atoms with Gasteiger partial charge in [0.25, 0.3) is 5.22 Å². The first-order chi connectivity index (χ1) is 13.1. The summed E-state index contributed by atoms with van der Waals surface area (Å²) >= 11 is 1.16. The standard InChI is InChI=1S/C18H15N5O3S/c1-10-4-2-3-5-12(10)16-22-23-18(26-16)27-9-15(24)19-11-6-7-13-14(8-11)21-17(25)20-13/h2-8H,9H2,1H3,(H,19,24)(H2,20,21,25). The Balaban J connectivity index is 1.39. The van der Waals surface area contributed by atoms with Crippen LogP contribution in [0.1, 0.15) is 5.56 Å². The number of nitrogens with zero attached hydrogens (tertiary/aromatic N) is 2. The highest BCUT2D eigenvalue weighted by Crippen LogP contribution is 2.25. The van der Waals surface area contributed by atoms with Gasteiger partial charge < -0.3 is 19.7 Å². The molecule has 0 unspecified atom stereocenters. The predicted molar refractivity (Wildman–Crippen MR) is 103 cm³/mol. The molecule has 27 heavy (non-hydrogen) atoms. The van der Waals surface area contributed by atoms with Crippen molar-refractivity contribution in [1.29, 1.82) is 0 Å². The van der Waals surface area contributed by atoms with Gasteiger partial charge in [-0.15, -0.1) is 10.2 Å². The van der Waals surface area contributed by atoms with Gasteiger partial charge in [0, 0.05) is 11.3 Å². The lowest BCUT2D eigenvalue weighted by molar-refractivity contribution is -0.113. The fraction of sp³-hybridized carbons (Fsp3) is 0.111. The van der Waals surface area contributed by atoms with Crippen molar-refractivity contribution in [2.45, 2.75) is 12.1 Å². The van der Waals surface area contributed by atoms with Gasteiger partial charge in [-0.05, 0) is 36.8 Å². The van der Waals surface area contributed by atoms with E-state index in [-0.39, 0.29) is 17.3 Å². The number of carbonyl (C=O) groups excluding carboxylic acids is 1. The smallest absolute Gasteiger partial charge is 0.323 e. The van der Waals surface area contributed by atoms with Crippen LogP contribution in [-0.4, -0.2) is 31.8 Å². The molecule has 2 heterocycles. The van der Waals surface area contributed by atoms with Crippen LogP contribution in [0.2, 0.25) is 0 Å². The number of imidazole rings is 1. The maximum Gasteiger partial charge on any atom is 0.323 e. The predicted octanol–water partition coefficient (Wildman–Crippen LogP) is 2.95. The Labute approximate surface area is 157 Å². The average molecular weight is 381 g/mol. The van der Waals surface area contributed by atoms with Crippen molar-refractivity contribution < 1.29 is 9.21 Å². The van der Waals surface area contributed by atoms with Crippen LogP contribution in [0.5, 0.6) is 0 Å². The number of anilines is 1. The third-order valence-electron chi connectivity index (χ3n) is 3.91. The second kappa shape index (κ2) is 7.12. The fourth-order valence-corrected chi connectivity index (χ4v) is 3.19. The quantitative estimate of drug-likeness (QED) is 0.458. The normalized spacial score (nSPS) is 11.0. The second-order valence-corrected chi connectivity index (χ2v) is 6.79. The second-order valence-electron chi connectivity index (χ2n) is 5.86. The molecule has 0 atom stereocenters. The largest absolute Gasteiger partial charge is 0.411 e. The number of hydrogen-bond acceptors (Lipinski definition) is 6. The SMILES string of the molecule is Cc1ccccc1-c1nnc(SCC(=O)Nc2ccc3[nH]c(=O)[nH]c3c2)o1. The van der Waals surface area contributed by atoms with Crippen LogP contribution in [-0.2, 0) is 4.79 Å². The third kappa shape index (κ3) is 3.77. The van der Waals surface area contributed by atoms with E-state index in [1.54, 1.807) is 18.2 Å². The van der Waals surface area contributed by atoms with E-state index < -0.39 is 0 Å². The number of carbonyl (C=O) groups is 1. The molecular weight excluding hydrogens is 366 g/mol. The Morgan fingerprint density at radius 1 is 1.15 bits per heavy atom. The molecule has 2 aromatic heterocycles. The number of benzene rings is 2. The first-order valence-corrected chi connectivity index (χ1v) is 9.11. The van der Waals surface area contributed by atoms with Crippen molar-refractivity contribution in [3.8, 4) is 11.5 Å². The molecule has 8 nitrogen and oxygen atoms in total. The maximum atomic E-state index is 12.2. The van der Waals surface area contributed by atoms with E-state index >= 15 is 0 Å². The zero-order valence-corrected chi connectivity index (χ0v) is 15.1. The molecule has 0 aliphatic heterocycles. The summed E-state index contributed by atoms with van der Waals surface area (Å²) in [5.74, 6) is 0.336. The third-order valence-corrected chi connectivity index (χ3v) is 4.73. The molecule has 0 saturated heterocycles. The summed E-state index contributed by atoms with van der Waals surface area (Å²) in [4.78, 5) is 28.7. The molecule has 0 radical (unpaired) electrons. The van der Waals surface area contributed by atoms with E-state index in [1.165, 1.54) is 0 Å². The number of aryl methyl sites for hydroxylation is 1. The number of aromatic amines is 2. The van der Waals surface area contributed by atoms with Crippen molar-refractivity contribution in [1.82, 2.24) is 20.2 Å². The molecule has 1 amide bonds. The van der Waals surface area contributed by atoms with Gasteiger partial charge in [-0.2, -0.15) is 0 Å². The van der Waals surface area contributed by atoms with Gasteiger partial charge in [-0.3, -0.25) is 4.79 Å². The van der Waals surface area contributed by atoms with Crippen LogP contribution in [0.4, 0.5) is 5.69 Å². The van der Waals surface area contributed by atoms with E-state index in [0.29, 0.717) is 27.8 Å². The van der Waals surface area contributed by atoms with Crippen LogP contribution in [0.3, 0.4) is 0 Å². The van der Waals surface area contributed by atoms with E-state index in [9.17, 15) is 9.59 Å². The highest BCUT2D eigenvalue weighted by molar-refractivity contribution is 7.99. The summed E-state index contributed by atoms with van der Waals surface area (Å²) in [5, 5.41) is 11.1. The minimum absolute atomic E-state index is 0.122. The minimum Gasteiger partial charge on any atom is -0.411 e. The summed E-state index contributed by atoms with van der Waals surface area (Å²) in [6, 6.07) is 12.9. The topological polar surface area (TPSA) is 117 Å². The molecule has 4 rings (SSSR count). The molecule has 9 heteroatoms. The van der Waals surface area contributed by atoms with Gasteiger partial charge in [-0.25, -0.2) is 4.79 Å². The summed E-state index contributed by atoms with van der Waals surface area (Å²) < 4.78 is 5.63. The van der Waals surface area contributed by atoms with Gasteiger partial charge in [0.15, 0.2) is 0 Å². The monoisotopic (exact) mass is 381 g/mol. The molecule has 0 saturated carbocycles. The van der Waals surface area contributed by atoms with Crippen molar-refractivity contribution in [3.63, 3.8) is 0 Å². The Morgan fingerprint density at radius 2 is 1.96 bits per heavy atom. The number of rotatable bonds is 5. The molecule has 136 valence electrons. The highest BCUT2D eigenvalue weighted by atomic mass is 32.2. The summed E-state index contributed by atoms with van der Waals surface area (Å²) in [6.07, 6.45) is 0. The van der Waals surface area contributed by atoms with Gasteiger partial charge in [0.05, 0.1) is 16.8 Å². The Morgan fingerprint density at radius 3 is 2.81 bits per heavy atom. The van der Waals surface area contributed by atoms with Crippen molar-refractivity contribution >= 4 is 34.4 Å². The minimum atomic E-state index is -0.287. The molecule has 2 aromatic carbocycles. The van der Waals surface area contributed by atoms with Crippen molar-refractivity contribution in [2.75, 3.05) is 11.1 Å². The summed E-state index contributed by atoms with van der Waals surface area (Å²) in [7, 11) is 0. The lowest BCUT2D eigenvalue weighted by atomic mass is 10.1. The molecular formula is C18H15N5O3S. The van der Waals surface area contributed by atoms with Crippen LogP contribution >= 0.6 is 11.8 Å². The number of aromatic nitrogens is 4. The number of hydrogen-bond donors (Lipinski definition) is 3. The average Bonchev–Trinajstić information content (AvgIpc) is 3.25. The molecule has 0 fully saturated rings. The molecule has 0 aliphatic carbocycles. The Bertz CT molecular complexity index is 1180. The van der Waals surface area contributed by atoms with Gasteiger partial charge in [-0.1, -0.05) is 30.0 Å². The molecule has 0 spiro atoms.